The Morgan fingerprint density at radius 2 is 1.72 bits per heavy atom. The fourth-order valence-corrected chi connectivity index (χ4v) is 3.50. The van der Waals surface area contributed by atoms with Crippen molar-refractivity contribution >= 4 is 11.9 Å². The molecule has 0 bridgehead atoms. The molecular weight excluding hydrogens is 368 g/mol. The van der Waals surface area contributed by atoms with Gasteiger partial charge in [0, 0.05) is 38.2 Å². The zero-order valence-corrected chi connectivity index (χ0v) is 16.5. The summed E-state index contributed by atoms with van der Waals surface area (Å²) in [6.07, 6.45) is 1.15. The number of carbonyl (C=O) groups excluding carboxylic acids is 1. The molecule has 1 aromatic heterocycles. The molecule has 0 atom stereocenters. The van der Waals surface area contributed by atoms with Gasteiger partial charge in [0.05, 0.1) is 7.11 Å². The van der Waals surface area contributed by atoms with Crippen molar-refractivity contribution in [2.45, 2.75) is 12.8 Å². The fourth-order valence-electron chi connectivity index (χ4n) is 3.50. The van der Waals surface area contributed by atoms with Crippen LogP contribution in [-0.2, 0) is 11.2 Å². The number of aromatic nitrogens is 2. The number of amides is 1. The Morgan fingerprint density at radius 1 is 1.00 bits per heavy atom. The first-order valence-electron chi connectivity index (χ1n) is 9.78. The number of piperazine rings is 1. The highest BCUT2D eigenvalue weighted by Crippen LogP contribution is 2.23. The molecule has 0 radical (unpaired) electrons. The van der Waals surface area contributed by atoms with Crippen LogP contribution in [0.5, 0.6) is 5.75 Å². The summed E-state index contributed by atoms with van der Waals surface area (Å²) in [6.45, 7) is 2.65. The van der Waals surface area contributed by atoms with E-state index in [2.05, 4.69) is 10.2 Å². The van der Waals surface area contributed by atoms with Gasteiger partial charge in [-0.1, -0.05) is 41.5 Å². The molecule has 2 aromatic carbocycles. The van der Waals surface area contributed by atoms with Gasteiger partial charge in [-0.2, -0.15) is 0 Å². The average molecular weight is 392 g/mol. The van der Waals surface area contributed by atoms with Gasteiger partial charge >= 0.3 is 6.01 Å². The predicted octanol–water partition coefficient (Wildman–Crippen LogP) is 3.03. The largest absolute Gasteiger partial charge is 0.496 e. The van der Waals surface area contributed by atoms with Gasteiger partial charge in [-0.05, 0) is 30.2 Å². The summed E-state index contributed by atoms with van der Waals surface area (Å²) in [7, 11) is 1.65. The van der Waals surface area contributed by atoms with E-state index in [1.165, 1.54) is 0 Å². The van der Waals surface area contributed by atoms with Gasteiger partial charge in [0.1, 0.15) is 5.75 Å². The molecule has 1 saturated heterocycles. The summed E-state index contributed by atoms with van der Waals surface area (Å²) < 4.78 is 11.2. The third-order valence-corrected chi connectivity index (χ3v) is 5.14. The van der Waals surface area contributed by atoms with Gasteiger partial charge in [0.2, 0.25) is 11.8 Å². The molecule has 0 spiro atoms. The Labute approximate surface area is 169 Å². The molecule has 0 aliphatic carbocycles. The summed E-state index contributed by atoms with van der Waals surface area (Å²) in [5.41, 5.74) is 1.96. The minimum atomic E-state index is 0.158. The molecule has 3 aromatic rings. The number of para-hydroxylation sites is 1. The van der Waals surface area contributed by atoms with Gasteiger partial charge in [0.25, 0.3) is 0 Å². The van der Waals surface area contributed by atoms with E-state index in [1.54, 1.807) is 7.11 Å². The first kappa shape index (κ1) is 19.0. The maximum Gasteiger partial charge on any atom is 0.318 e. The monoisotopic (exact) mass is 392 g/mol. The van der Waals surface area contributed by atoms with Crippen LogP contribution in [0.15, 0.2) is 59.0 Å². The number of aryl methyl sites for hydroxylation is 1. The fraction of sp³-hybridized carbons (Fsp3) is 0.318. The van der Waals surface area contributed by atoms with E-state index in [4.69, 9.17) is 9.15 Å². The van der Waals surface area contributed by atoms with Crippen LogP contribution in [0.4, 0.5) is 6.01 Å². The quantitative estimate of drug-likeness (QED) is 0.642. The van der Waals surface area contributed by atoms with E-state index in [9.17, 15) is 4.79 Å². The van der Waals surface area contributed by atoms with Crippen molar-refractivity contribution in [2.75, 3.05) is 38.2 Å². The zero-order chi connectivity index (χ0) is 20.1. The SMILES string of the molecule is COc1ccccc1CCC(=O)N1CCN(c2nnc(-c3ccccc3)o2)CC1. The van der Waals surface area contributed by atoms with Gasteiger partial charge in [0.15, 0.2) is 0 Å². The standard InChI is InChI=1S/C22H24N4O3/c1-28-19-10-6-5-7-17(19)11-12-20(27)25-13-15-26(16-14-25)22-24-23-21(29-22)18-8-3-2-4-9-18/h2-10H,11-16H2,1H3. The Balaban J connectivity index is 1.30. The number of rotatable bonds is 6. The number of benzene rings is 2. The van der Waals surface area contributed by atoms with E-state index >= 15 is 0 Å². The average Bonchev–Trinajstić information content (AvgIpc) is 3.29. The van der Waals surface area contributed by atoms with Crippen LogP contribution < -0.4 is 9.64 Å². The van der Waals surface area contributed by atoms with Crippen LogP contribution >= 0.6 is 0 Å². The van der Waals surface area contributed by atoms with Crippen LogP contribution in [0.25, 0.3) is 11.5 Å². The van der Waals surface area contributed by atoms with E-state index in [-0.39, 0.29) is 5.91 Å². The lowest BCUT2D eigenvalue weighted by molar-refractivity contribution is -0.131. The third-order valence-electron chi connectivity index (χ3n) is 5.14. The minimum Gasteiger partial charge on any atom is -0.496 e. The van der Waals surface area contributed by atoms with E-state index in [1.807, 2.05) is 64.4 Å². The number of methoxy groups -OCH3 is 1. The first-order valence-corrected chi connectivity index (χ1v) is 9.78. The first-order chi connectivity index (χ1) is 14.2. The maximum absolute atomic E-state index is 12.6. The zero-order valence-electron chi connectivity index (χ0n) is 16.5. The molecule has 150 valence electrons. The van der Waals surface area contributed by atoms with Crippen LogP contribution in [-0.4, -0.2) is 54.3 Å². The second kappa shape index (κ2) is 8.77. The molecule has 1 fully saturated rings. The normalized spacial score (nSPS) is 14.1. The number of anilines is 1. The highest BCUT2D eigenvalue weighted by atomic mass is 16.5. The van der Waals surface area contributed by atoms with Crippen LogP contribution in [0.1, 0.15) is 12.0 Å². The maximum atomic E-state index is 12.6. The number of nitrogens with zero attached hydrogens (tertiary/aromatic N) is 4. The summed E-state index contributed by atoms with van der Waals surface area (Å²) >= 11 is 0. The highest BCUT2D eigenvalue weighted by molar-refractivity contribution is 5.77. The van der Waals surface area contributed by atoms with E-state index < -0.39 is 0 Å². The Hall–Kier alpha value is -3.35. The van der Waals surface area contributed by atoms with Crippen LogP contribution in [0.2, 0.25) is 0 Å². The summed E-state index contributed by atoms with van der Waals surface area (Å²) in [5.74, 6) is 1.50. The Morgan fingerprint density at radius 3 is 2.48 bits per heavy atom. The van der Waals surface area contributed by atoms with Crippen molar-refractivity contribution in [1.82, 2.24) is 15.1 Å². The predicted molar refractivity (Wildman–Crippen MR) is 110 cm³/mol. The summed E-state index contributed by atoms with van der Waals surface area (Å²) in [4.78, 5) is 16.6. The second-order valence-corrected chi connectivity index (χ2v) is 6.94. The molecule has 1 amide bonds. The molecule has 0 N–H and O–H groups in total. The number of hydrogen-bond donors (Lipinski definition) is 0. The van der Waals surface area contributed by atoms with Gasteiger partial charge in [-0.15, -0.1) is 5.10 Å². The molecule has 7 nitrogen and oxygen atoms in total. The minimum absolute atomic E-state index is 0.158. The molecule has 1 aliphatic rings. The lowest BCUT2D eigenvalue weighted by Gasteiger charge is -2.33. The number of carbonyl (C=O) groups is 1. The van der Waals surface area contributed by atoms with E-state index in [0.29, 0.717) is 50.9 Å². The molecule has 2 heterocycles. The van der Waals surface area contributed by atoms with Gasteiger partial charge < -0.3 is 19.0 Å². The van der Waals surface area contributed by atoms with Crippen molar-refractivity contribution in [1.29, 1.82) is 0 Å². The van der Waals surface area contributed by atoms with E-state index in [0.717, 1.165) is 16.9 Å². The molecule has 0 unspecified atom stereocenters. The van der Waals surface area contributed by atoms with Gasteiger partial charge in [-0.3, -0.25) is 4.79 Å². The topological polar surface area (TPSA) is 71.7 Å². The lowest BCUT2D eigenvalue weighted by atomic mass is 10.1. The second-order valence-electron chi connectivity index (χ2n) is 6.94. The molecule has 0 saturated carbocycles. The van der Waals surface area contributed by atoms with Crippen LogP contribution in [0, 0.1) is 0 Å². The third kappa shape index (κ3) is 4.39. The summed E-state index contributed by atoms with van der Waals surface area (Å²) in [6, 6.07) is 18.0. The Bertz CT molecular complexity index is 949. The lowest BCUT2D eigenvalue weighted by Crippen LogP contribution is -2.49. The number of hydrogen-bond acceptors (Lipinski definition) is 6. The van der Waals surface area contributed by atoms with Crippen molar-refractivity contribution in [2.24, 2.45) is 0 Å². The molecule has 7 heteroatoms. The molecule has 29 heavy (non-hydrogen) atoms. The van der Waals surface area contributed by atoms with Gasteiger partial charge in [-0.25, -0.2) is 0 Å². The van der Waals surface area contributed by atoms with Crippen molar-refractivity contribution in [3.63, 3.8) is 0 Å². The molecule has 1 aliphatic heterocycles. The number of ether oxygens (including phenoxy) is 1. The molecular formula is C22H24N4O3. The summed E-state index contributed by atoms with van der Waals surface area (Å²) in [5, 5.41) is 8.32. The Kier molecular flexibility index (Phi) is 5.74. The van der Waals surface area contributed by atoms with Crippen molar-refractivity contribution in [3.05, 3.63) is 60.2 Å². The van der Waals surface area contributed by atoms with Crippen LogP contribution in [0.3, 0.4) is 0 Å². The van der Waals surface area contributed by atoms with Crippen molar-refractivity contribution < 1.29 is 13.9 Å². The highest BCUT2D eigenvalue weighted by Gasteiger charge is 2.24. The smallest absolute Gasteiger partial charge is 0.318 e. The van der Waals surface area contributed by atoms with Crippen molar-refractivity contribution in [3.8, 4) is 17.2 Å². The molecule has 4 rings (SSSR count).